The summed E-state index contributed by atoms with van der Waals surface area (Å²) >= 11 is 1.89. The van der Waals surface area contributed by atoms with Crippen molar-refractivity contribution in [1.29, 1.82) is 0 Å². The van der Waals surface area contributed by atoms with Crippen LogP contribution in [0.3, 0.4) is 0 Å². The van der Waals surface area contributed by atoms with Crippen LogP contribution in [0.25, 0.3) is 0 Å². The van der Waals surface area contributed by atoms with Crippen LogP contribution in [0.5, 0.6) is 0 Å². The Hall–Kier alpha value is -0.380. The third-order valence-electron chi connectivity index (χ3n) is 4.31. The van der Waals surface area contributed by atoms with Gasteiger partial charge in [-0.05, 0) is 48.7 Å². The lowest BCUT2D eigenvalue weighted by molar-refractivity contribution is 0.0711. The lowest BCUT2D eigenvalue weighted by Crippen LogP contribution is -2.45. The van der Waals surface area contributed by atoms with Gasteiger partial charge in [0, 0.05) is 17.5 Å². The molecule has 102 valence electrons. The van der Waals surface area contributed by atoms with Gasteiger partial charge in [0.25, 0.3) is 0 Å². The summed E-state index contributed by atoms with van der Waals surface area (Å²) in [5, 5.41) is 2.19. The van der Waals surface area contributed by atoms with E-state index in [1.807, 2.05) is 11.3 Å². The van der Waals surface area contributed by atoms with E-state index in [-0.39, 0.29) is 0 Å². The molecule has 0 aliphatic carbocycles. The Morgan fingerprint density at radius 3 is 2.83 bits per heavy atom. The van der Waals surface area contributed by atoms with E-state index in [1.165, 1.54) is 24.4 Å². The fourth-order valence-electron chi connectivity index (χ4n) is 3.13. The molecule has 0 aromatic carbocycles. The van der Waals surface area contributed by atoms with E-state index in [4.69, 9.17) is 5.73 Å². The number of nitrogens with zero attached hydrogens (tertiary/aromatic N) is 1. The van der Waals surface area contributed by atoms with Crippen LogP contribution < -0.4 is 5.73 Å². The summed E-state index contributed by atoms with van der Waals surface area (Å²) in [4.78, 5) is 4.17. The average molecular weight is 266 g/mol. The Morgan fingerprint density at radius 1 is 1.50 bits per heavy atom. The summed E-state index contributed by atoms with van der Waals surface area (Å²) in [6.07, 6.45) is 1.29. The first-order valence-corrected chi connectivity index (χ1v) is 7.99. The van der Waals surface area contributed by atoms with Crippen LogP contribution >= 0.6 is 11.3 Å². The van der Waals surface area contributed by atoms with E-state index in [1.54, 1.807) is 0 Å². The topological polar surface area (TPSA) is 29.3 Å². The highest BCUT2D eigenvalue weighted by Gasteiger charge is 2.31. The van der Waals surface area contributed by atoms with Crippen LogP contribution in [-0.2, 0) is 0 Å². The number of hydrogen-bond acceptors (Lipinski definition) is 3. The Morgan fingerprint density at radius 2 is 2.28 bits per heavy atom. The Kier molecular flexibility index (Phi) is 4.82. The van der Waals surface area contributed by atoms with E-state index in [0.717, 1.165) is 12.5 Å². The lowest BCUT2D eigenvalue weighted by Gasteiger charge is -2.42. The van der Waals surface area contributed by atoms with Crippen molar-refractivity contribution in [2.45, 2.75) is 33.2 Å². The van der Waals surface area contributed by atoms with Gasteiger partial charge in [-0.15, -0.1) is 11.3 Å². The maximum absolute atomic E-state index is 5.93. The molecule has 0 bridgehead atoms. The van der Waals surface area contributed by atoms with Gasteiger partial charge in [-0.2, -0.15) is 0 Å². The molecule has 1 aromatic heterocycles. The standard InChI is InChI=1S/C15H26N2S/c1-11(2)15(14-5-4-8-18-14)17-7-6-12(3)13(9-16)10-17/h4-5,8,11-13,15H,6-7,9-10,16H2,1-3H3. The molecule has 3 atom stereocenters. The molecule has 1 aliphatic heterocycles. The smallest absolute Gasteiger partial charge is 0.0464 e. The predicted octanol–water partition coefficient (Wildman–Crippen LogP) is 3.36. The molecule has 2 nitrogen and oxygen atoms in total. The summed E-state index contributed by atoms with van der Waals surface area (Å²) in [6, 6.07) is 5.03. The second kappa shape index (κ2) is 6.18. The monoisotopic (exact) mass is 266 g/mol. The van der Waals surface area contributed by atoms with E-state index < -0.39 is 0 Å². The Bertz CT molecular complexity index is 347. The van der Waals surface area contributed by atoms with E-state index >= 15 is 0 Å². The molecular weight excluding hydrogens is 240 g/mol. The summed E-state index contributed by atoms with van der Waals surface area (Å²) in [6.45, 7) is 10.2. The Labute approximate surface area is 115 Å². The normalized spacial score (nSPS) is 27.6. The zero-order chi connectivity index (χ0) is 13.1. The summed E-state index contributed by atoms with van der Waals surface area (Å²) in [7, 11) is 0. The molecular formula is C15H26N2S. The van der Waals surface area contributed by atoms with Crippen LogP contribution in [0.2, 0.25) is 0 Å². The van der Waals surface area contributed by atoms with E-state index in [0.29, 0.717) is 17.9 Å². The number of hydrogen-bond donors (Lipinski definition) is 1. The largest absolute Gasteiger partial charge is 0.330 e. The fraction of sp³-hybridized carbons (Fsp3) is 0.733. The molecule has 1 aromatic rings. The number of rotatable bonds is 4. The number of piperidine rings is 1. The Balaban J connectivity index is 2.12. The SMILES string of the molecule is CC(C)C(c1cccs1)N1CCC(C)C(CN)C1. The maximum Gasteiger partial charge on any atom is 0.0464 e. The second-order valence-electron chi connectivity index (χ2n) is 5.96. The zero-order valence-electron chi connectivity index (χ0n) is 11.8. The van der Waals surface area contributed by atoms with Crippen molar-refractivity contribution < 1.29 is 0 Å². The van der Waals surface area contributed by atoms with Crippen molar-refractivity contribution in [1.82, 2.24) is 4.90 Å². The highest BCUT2D eigenvalue weighted by atomic mass is 32.1. The second-order valence-corrected chi connectivity index (χ2v) is 6.94. The first-order chi connectivity index (χ1) is 8.63. The zero-order valence-corrected chi connectivity index (χ0v) is 12.6. The minimum Gasteiger partial charge on any atom is -0.330 e. The highest BCUT2D eigenvalue weighted by Crippen LogP contribution is 2.35. The molecule has 3 unspecified atom stereocenters. The van der Waals surface area contributed by atoms with Gasteiger partial charge in [0.15, 0.2) is 0 Å². The van der Waals surface area contributed by atoms with Crippen molar-refractivity contribution in [3.05, 3.63) is 22.4 Å². The molecule has 0 amide bonds. The molecule has 0 radical (unpaired) electrons. The van der Waals surface area contributed by atoms with Crippen LogP contribution in [0.4, 0.5) is 0 Å². The lowest BCUT2D eigenvalue weighted by atomic mass is 9.85. The van der Waals surface area contributed by atoms with Gasteiger partial charge in [-0.3, -0.25) is 4.90 Å². The van der Waals surface area contributed by atoms with Gasteiger partial charge in [0.1, 0.15) is 0 Å². The van der Waals surface area contributed by atoms with Crippen LogP contribution in [0.1, 0.15) is 38.1 Å². The molecule has 1 saturated heterocycles. The number of nitrogens with two attached hydrogens (primary N) is 1. The van der Waals surface area contributed by atoms with Crippen LogP contribution in [0.15, 0.2) is 17.5 Å². The maximum atomic E-state index is 5.93. The minimum atomic E-state index is 0.576. The van der Waals surface area contributed by atoms with Crippen molar-refractivity contribution in [3.63, 3.8) is 0 Å². The van der Waals surface area contributed by atoms with E-state index in [2.05, 4.69) is 43.2 Å². The van der Waals surface area contributed by atoms with Gasteiger partial charge in [-0.25, -0.2) is 0 Å². The van der Waals surface area contributed by atoms with Gasteiger partial charge in [-0.1, -0.05) is 26.8 Å². The molecule has 1 fully saturated rings. The van der Waals surface area contributed by atoms with Gasteiger partial charge >= 0.3 is 0 Å². The van der Waals surface area contributed by atoms with Crippen molar-refractivity contribution in [3.8, 4) is 0 Å². The fourth-order valence-corrected chi connectivity index (χ4v) is 4.16. The summed E-state index contributed by atoms with van der Waals surface area (Å²) < 4.78 is 0. The molecule has 2 heterocycles. The first kappa shape index (κ1) is 14.0. The molecule has 0 spiro atoms. The molecule has 2 N–H and O–H groups in total. The first-order valence-electron chi connectivity index (χ1n) is 7.11. The quantitative estimate of drug-likeness (QED) is 0.905. The molecule has 3 heteroatoms. The summed E-state index contributed by atoms with van der Waals surface area (Å²) in [5.41, 5.74) is 5.93. The predicted molar refractivity (Wildman–Crippen MR) is 79.8 cm³/mol. The summed E-state index contributed by atoms with van der Waals surface area (Å²) in [5.74, 6) is 2.11. The van der Waals surface area contributed by atoms with Crippen molar-refractivity contribution >= 4 is 11.3 Å². The van der Waals surface area contributed by atoms with Gasteiger partial charge < -0.3 is 5.73 Å². The van der Waals surface area contributed by atoms with Crippen molar-refractivity contribution in [2.24, 2.45) is 23.5 Å². The third kappa shape index (κ3) is 2.95. The number of thiophene rings is 1. The van der Waals surface area contributed by atoms with Crippen LogP contribution in [0, 0.1) is 17.8 Å². The molecule has 2 rings (SSSR count). The van der Waals surface area contributed by atoms with Gasteiger partial charge in [0.2, 0.25) is 0 Å². The minimum absolute atomic E-state index is 0.576. The van der Waals surface area contributed by atoms with Crippen LogP contribution in [-0.4, -0.2) is 24.5 Å². The molecule has 0 saturated carbocycles. The third-order valence-corrected chi connectivity index (χ3v) is 5.25. The number of likely N-dealkylation sites (tertiary alicyclic amines) is 1. The van der Waals surface area contributed by atoms with Gasteiger partial charge in [0.05, 0.1) is 0 Å². The highest BCUT2D eigenvalue weighted by molar-refractivity contribution is 7.10. The van der Waals surface area contributed by atoms with Crippen molar-refractivity contribution in [2.75, 3.05) is 19.6 Å². The average Bonchev–Trinajstić information content (AvgIpc) is 2.84. The molecule has 18 heavy (non-hydrogen) atoms. The van der Waals surface area contributed by atoms with E-state index in [9.17, 15) is 0 Å². The molecule has 1 aliphatic rings.